The van der Waals surface area contributed by atoms with E-state index in [0.29, 0.717) is 19.8 Å². The summed E-state index contributed by atoms with van der Waals surface area (Å²) in [6.45, 7) is 6.87. The van der Waals surface area contributed by atoms with Gasteiger partial charge in [-0.2, -0.15) is 0 Å². The van der Waals surface area contributed by atoms with E-state index < -0.39 is 0 Å². The minimum absolute atomic E-state index is 0.125. The van der Waals surface area contributed by atoms with Crippen LogP contribution < -0.4 is 0 Å². The molecule has 106 valence electrons. The smallest absolute Gasteiger partial charge is 0.302 e. The lowest BCUT2D eigenvalue weighted by molar-refractivity contribution is -0.140. The number of hydrogen-bond acceptors (Lipinski definition) is 6. The van der Waals surface area contributed by atoms with E-state index in [4.69, 9.17) is 20.1 Å². The number of rotatable bonds is 6. The van der Waals surface area contributed by atoms with E-state index in [2.05, 4.69) is 4.74 Å². The van der Waals surface area contributed by atoms with E-state index in [1.807, 2.05) is 13.8 Å². The zero-order chi connectivity index (χ0) is 13.9. The first kappa shape index (κ1) is 21.6. The lowest BCUT2D eigenvalue weighted by atomic mass is 10.5. The number of aliphatic hydroxyl groups excluding tert-OH is 3. The van der Waals surface area contributed by atoms with Gasteiger partial charge >= 0.3 is 5.97 Å². The fraction of sp³-hybridized carbons (Fsp3) is 0.909. The molecule has 0 bridgehead atoms. The third-order valence-electron chi connectivity index (χ3n) is 1.05. The van der Waals surface area contributed by atoms with Crippen LogP contribution >= 0.6 is 0 Å². The zero-order valence-electron chi connectivity index (χ0n) is 11.0. The Balaban J connectivity index is -0.000000180. The molecule has 0 saturated heterocycles. The van der Waals surface area contributed by atoms with Crippen molar-refractivity contribution in [3.8, 4) is 0 Å². The Hall–Kier alpha value is -0.690. The second kappa shape index (κ2) is 24.5. The molecule has 0 aliphatic rings. The van der Waals surface area contributed by atoms with Gasteiger partial charge in [0.2, 0.25) is 0 Å². The maximum Gasteiger partial charge on any atom is 0.302 e. The number of carbonyl (C=O) groups is 1. The minimum atomic E-state index is -0.193. The van der Waals surface area contributed by atoms with E-state index in [0.717, 1.165) is 6.42 Å². The van der Waals surface area contributed by atoms with Crippen molar-refractivity contribution in [3.05, 3.63) is 0 Å². The van der Waals surface area contributed by atoms with Crippen LogP contribution in [0.15, 0.2) is 0 Å². The molecular formula is C11H26O6. The Morgan fingerprint density at radius 3 is 1.65 bits per heavy atom. The summed E-state index contributed by atoms with van der Waals surface area (Å²) in [6.07, 6.45) is 0.902. The molecule has 0 amide bonds. The van der Waals surface area contributed by atoms with Gasteiger partial charge in [-0.15, -0.1) is 0 Å². The lowest BCUT2D eigenvalue weighted by Gasteiger charge is -1.93. The summed E-state index contributed by atoms with van der Waals surface area (Å²) in [5, 5.41) is 23.3. The fourth-order valence-electron chi connectivity index (χ4n) is 0.455. The van der Waals surface area contributed by atoms with Gasteiger partial charge in [0.05, 0.1) is 33.0 Å². The van der Waals surface area contributed by atoms with Crippen LogP contribution in [0.4, 0.5) is 0 Å². The summed E-state index contributed by atoms with van der Waals surface area (Å²) in [6, 6.07) is 0. The van der Waals surface area contributed by atoms with Gasteiger partial charge in [-0.1, -0.05) is 6.92 Å². The summed E-state index contributed by atoms with van der Waals surface area (Å²) in [5.74, 6) is -0.193. The molecule has 0 unspecified atom stereocenters. The second-order valence-electron chi connectivity index (χ2n) is 2.71. The lowest BCUT2D eigenvalue weighted by Crippen LogP contribution is -1.98. The first-order valence-electron chi connectivity index (χ1n) is 5.64. The van der Waals surface area contributed by atoms with Crippen LogP contribution in [-0.2, 0) is 14.3 Å². The van der Waals surface area contributed by atoms with Gasteiger partial charge in [0, 0.05) is 13.5 Å². The van der Waals surface area contributed by atoms with Crippen LogP contribution in [-0.4, -0.2) is 60.9 Å². The predicted octanol–water partition coefficient (Wildman–Crippen LogP) is -0.0543. The number of aliphatic hydroxyl groups is 3. The van der Waals surface area contributed by atoms with Gasteiger partial charge in [0.1, 0.15) is 0 Å². The summed E-state index contributed by atoms with van der Waals surface area (Å²) < 4.78 is 9.28. The van der Waals surface area contributed by atoms with Crippen molar-refractivity contribution in [2.24, 2.45) is 0 Å². The molecule has 6 heteroatoms. The van der Waals surface area contributed by atoms with Gasteiger partial charge in [-0.05, 0) is 13.3 Å². The number of ether oxygens (including phenoxy) is 2. The number of carbonyl (C=O) groups excluding carboxylic acids is 1. The maximum atomic E-state index is 9.98. The predicted molar refractivity (Wildman–Crippen MR) is 64.7 cm³/mol. The average Bonchev–Trinajstić information content (AvgIpc) is 2.34. The highest BCUT2D eigenvalue weighted by molar-refractivity contribution is 5.65. The van der Waals surface area contributed by atoms with Crippen LogP contribution in [0, 0.1) is 0 Å². The summed E-state index contributed by atoms with van der Waals surface area (Å²) in [4.78, 5) is 9.98. The molecule has 0 heterocycles. The van der Waals surface area contributed by atoms with Crippen molar-refractivity contribution >= 4 is 5.97 Å². The highest BCUT2D eigenvalue weighted by Crippen LogP contribution is 1.78. The average molecular weight is 254 g/mol. The molecule has 0 radical (unpaired) electrons. The minimum Gasteiger partial charge on any atom is -0.466 e. The van der Waals surface area contributed by atoms with Crippen molar-refractivity contribution in [1.29, 1.82) is 0 Å². The SMILES string of the molecule is CCCOC(C)=O.CCOCCO.OCCO. The molecule has 0 spiro atoms. The third-order valence-corrected chi connectivity index (χ3v) is 1.05. The first-order chi connectivity index (χ1) is 8.10. The van der Waals surface area contributed by atoms with Crippen molar-refractivity contribution in [3.63, 3.8) is 0 Å². The van der Waals surface area contributed by atoms with Crippen molar-refractivity contribution in [2.45, 2.75) is 27.2 Å². The molecule has 0 atom stereocenters. The van der Waals surface area contributed by atoms with Crippen molar-refractivity contribution < 1.29 is 29.6 Å². The summed E-state index contributed by atoms with van der Waals surface area (Å²) in [5.41, 5.74) is 0. The van der Waals surface area contributed by atoms with E-state index in [9.17, 15) is 4.79 Å². The molecule has 0 fully saturated rings. The normalized spacial score (nSPS) is 8.35. The standard InChI is InChI=1S/C5H10O2.C4H10O2.C2H6O2/c1-3-4-7-5(2)6;1-2-6-4-3-5;3-1-2-4/h3-4H2,1-2H3;5H,2-4H2,1H3;3-4H,1-2H2. The van der Waals surface area contributed by atoms with Gasteiger partial charge in [0.25, 0.3) is 0 Å². The number of esters is 1. The molecule has 17 heavy (non-hydrogen) atoms. The van der Waals surface area contributed by atoms with Gasteiger partial charge in [-0.3, -0.25) is 4.79 Å². The molecule has 3 N–H and O–H groups in total. The molecule has 0 aromatic carbocycles. The Kier molecular flexibility index (Phi) is 31.1. The largest absolute Gasteiger partial charge is 0.466 e. The zero-order valence-corrected chi connectivity index (χ0v) is 11.0. The summed E-state index contributed by atoms with van der Waals surface area (Å²) in [7, 11) is 0. The molecule has 6 nitrogen and oxygen atoms in total. The quantitative estimate of drug-likeness (QED) is 0.454. The van der Waals surface area contributed by atoms with Gasteiger partial charge in [-0.25, -0.2) is 0 Å². The second-order valence-corrected chi connectivity index (χ2v) is 2.71. The Bertz CT molecular complexity index is 123. The topological polar surface area (TPSA) is 96.2 Å². The van der Waals surface area contributed by atoms with Gasteiger partial charge < -0.3 is 24.8 Å². The van der Waals surface area contributed by atoms with Crippen LogP contribution in [0.5, 0.6) is 0 Å². The Morgan fingerprint density at radius 1 is 1.00 bits per heavy atom. The Labute approximate surface area is 103 Å². The van der Waals surface area contributed by atoms with Gasteiger partial charge in [0.15, 0.2) is 0 Å². The van der Waals surface area contributed by atoms with Crippen LogP contribution in [0.1, 0.15) is 27.2 Å². The fourth-order valence-corrected chi connectivity index (χ4v) is 0.455. The monoisotopic (exact) mass is 254 g/mol. The summed E-state index contributed by atoms with van der Waals surface area (Å²) >= 11 is 0. The van der Waals surface area contributed by atoms with Crippen molar-refractivity contribution in [1.82, 2.24) is 0 Å². The number of hydrogen-bond donors (Lipinski definition) is 3. The molecular weight excluding hydrogens is 228 g/mol. The Morgan fingerprint density at radius 2 is 1.53 bits per heavy atom. The van der Waals surface area contributed by atoms with Crippen molar-refractivity contribution in [2.75, 3.05) is 39.6 Å². The molecule has 0 aromatic heterocycles. The van der Waals surface area contributed by atoms with E-state index in [-0.39, 0.29) is 25.8 Å². The van der Waals surface area contributed by atoms with E-state index >= 15 is 0 Å². The first-order valence-corrected chi connectivity index (χ1v) is 5.64. The van der Waals surface area contributed by atoms with Crippen LogP contribution in [0.2, 0.25) is 0 Å². The van der Waals surface area contributed by atoms with E-state index in [1.165, 1.54) is 6.92 Å². The molecule has 0 aliphatic carbocycles. The highest BCUT2D eigenvalue weighted by atomic mass is 16.5. The molecule has 0 aliphatic heterocycles. The highest BCUT2D eigenvalue weighted by Gasteiger charge is 1.85. The van der Waals surface area contributed by atoms with Crippen LogP contribution in [0.3, 0.4) is 0 Å². The molecule has 0 saturated carbocycles. The van der Waals surface area contributed by atoms with Crippen LogP contribution in [0.25, 0.3) is 0 Å². The van der Waals surface area contributed by atoms with E-state index in [1.54, 1.807) is 0 Å². The molecule has 0 aromatic rings. The third kappa shape index (κ3) is 50.8. The maximum absolute atomic E-state index is 9.98. The molecule has 0 rings (SSSR count).